The second kappa shape index (κ2) is 6.34. The second-order valence-corrected chi connectivity index (χ2v) is 2.88. The molecule has 0 spiro atoms. The Balaban J connectivity index is 2.18. The normalized spacial score (nSPS) is 10.1. The monoisotopic (exact) mass is 199 g/mol. The Morgan fingerprint density at radius 1 is 1.21 bits per heavy atom. The van der Waals surface area contributed by atoms with Crippen LogP contribution in [0.2, 0.25) is 0 Å². The highest BCUT2D eigenvalue weighted by Crippen LogP contribution is 2.12. The molecule has 0 bridgehead atoms. The molecule has 0 atom stereocenters. The van der Waals surface area contributed by atoms with Gasteiger partial charge in [-0.25, -0.2) is 10.3 Å². The van der Waals surface area contributed by atoms with Gasteiger partial charge in [0.2, 0.25) is 0 Å². The van der Waals surface area contributed by atoms with Crippen molar-refractivity contribution in [2.45, 2.75) is 12.8 Å². The van der Waals surface area contributed by atoms with Crippen LogP contribution in [0.4, 0.5) is 4.39 Å². The minimum Gasteiger partial charge on any atom is -0.493 e. The largest absolute Gasteiger partial charge is 0.493 e. The van der Waals surface area contributed by atoms with Crippen LogP contribution >= 0.6 is 0 Å². The van der Waals surface area contributed by atoms with Gasteiger partial charge in [0, 0.05) is 6.07 Å². The molecule has 1 rings (SSSR count). The average Bonchev–Trinajstić information content (AvgIpc) is 2.18. The van der Waals surface area contributed by atoms with Gasteiger partial charge in [-0.15, -0.1) is 0 Å². The zero-order valence-corrected chi connectivity index (χ0v) is 7.91. The molecule has 2 N–H and O–H groups in total. The SMILES string of the molecule is NOCCCCOc1cccc(F)c1. The molecule has 0 aliphatic carbocycles. The number of nitrogens with two attached hydrogens (primary N) is 1. The van der Waals surface area contributed by atoms with Crippen molar-refractivity contribution in [1.29, 1.82) is 0 Å². The lowest BCUT2D eigenvalue weighted by Crippen LogP contribution is -2.03. The molecule has 0 aliphatic heterocycles. The summed E-state index contributed by atoms with van der Waals surface area (Å²) in [7, 11) is 0. The topological polar surface area (TPSA) is 44.5 Å². The summed E-state index contributed by atoms with van der Waals surface area (Å²) in [5.41, 5.74) is 0. The summed E-state index contributed by atoms with van der Waals surface area (Å²) in [6, 6.07) is 6.09. The molecule has 0 radical (unpaired) electrons. The Labute approximate surface area is 82.6 Å². The van der Waals surface area contributed by atoms with Gasteiger partial charge in [-0.05, 0) is 25.0 Å². The Morgan fingerprint density at radius 2 is 2.00 bits per heavy atom. The third kappa shape index (κ3) is 4.20. The summed E-state index contributed by atoms with van der Waals surface area (Å²) in [6.45, 7) is 1.07. The maximum Gasteiger partial charge on any atom is 0.126 e. The third-order valence-corrected chi connectivity index (χ3v) is 1.72. The van der Waals surface area contributed by atoms with Crippen molar-refractivity contribution < 1.29 is 14.0 Å². The molecular formula is C10H14FNO2. The molecule has 0 heterocycles. The fourth-order valence-electron chi connectivity index (χ4n) is 1.03. The molecule has 0 aromatic heterocycles. The van der Waals surface area contributed by atoms with Crippen LogP contribution in [0.15, 0.2) is 24.3 Å². The van der Waals surface area contributed by atoms with E-state index in [0.717, 1.165) is 12.8 Å². The molecule has 1 aromatic rings. The summed E-state index contributed by atoms with van der Waals surface area (Å²) >= 11 is 0. The zero-order valence-electron chi connectivity index (χ0n) is 7.91. The van der Waals surface area contributed by atoms with Crippen molar-refractivity contribution in [3.8, 4) is 5.75 Å². The highest BCUT2D eigenvalue weighted by molar-refractivity contribution is 5.22. The second-order valence-electron chi connectivity index (χ2n) is 2.88. The lowest BCUT2D eigenvalue weighted by Gasteiger charge is -2.05. The Hall–Kier alpha value is -1.13. The first-order valence-corrected chi connectivity index (χ1v) is 4.53. The first-order chi connectivity index (χ1) is 6.83. The molecule has 0 saturated heterocycles. The highest BCUT2D eigenvalue weighted by Gasteiger charge is 1.95. The molecule has 0 fully saturated rings. The summed E-state index contributed by atoms with van der Waals surface area (Å²) in [5.74, 6) is 5.12. The van der Waals surface area contributed by atoms with Gasteiger partial charge in [0.15, 0.2) is 0 Å². The van der Waals surface area contributed by atoms with E-state index in [0.29, 0.717) is 19.0 Å². The summed E-state index contributed by atoms with van der Waals surface area (Å²) in [5, 5.41) is 0. The van der Waals surface area contributed by atoms with E-state index in [1.54, 1.807) is 12.1 Å². The predicted molar refractivity (Wildman–Crippen MR) is 51.3 cm³/mol. The van der Waals surface area contributed by atoms with E-state index in [4.69, 9.17) is 10.6 Å². The van der Waals surface area contributed by atoms with Gasteiger partial charge >= 0.3 is 0 Å². The number of hydrogen-bond acceptors (Lipinski definition) is 3. The molecule has 0 amide bonds. The number of hydrogen-bond donors (Lipinski definition) is 1. The van der Waals surface area contributed by atoms with Crippen molar-refractivity contribution in [2.24, 2.45) is 5.90 Å². The maximum absolute atomic E-state index is 12.7. The molecule has 4 heteroatoms. The van der Waals surface area contributed by atoms with Gasteiger partial charge in [-0.2, -0.15) is 0 Å². The summed E-state index contributed by atoms with van der Waals surface area (Å²) in [6.07, 6.45) is 1.68. The van der Waals surface area contributed by atoms with Crippen LogP contribution in [-0.2, 0) is 4.84 Å². The number of halogens is 1. The third-order valence-electron chi connectivity index (χ3n) is 1.72. The van der Waals surface area contributed by atoms with Crippen molar-refractivity contribution in [2.75, 3.05) is 13.2 Å². The van der Waals surface area contributed by atoms with E-state index in [2.05, 4.69) is 4.84 Å². The van der Waals surface area contributed by atoms with Crippen LogP contribution in [0, 0.1) is 5.82 Å². The standard InChI is InChI=1S/C10H14FNO2/c11-9-4-3-5-10(8-9)13-6-1-2-7-14-12/h3-5,8H,1-2,6-7,12H2. The van der Waals surface area contributed by atoms with E-state index in [-0.39, 0.29) is 5.82 Å². The Morgan fingerprint density at radius 3 is 2.71 bits per heavy atom. The van der Waals surface area contributed by atoms with Gasteiger partial charge in [0.25, 0.3) is 0 Å². The van der Waals surface area contributed by atoms with Crippen molar-refractivity contribution in [1.82, 2.24) is 0 Å². The first-order valence-electron chi connectivity index (χ1n) is 4.53. The number of ether oxygens (including phenoxy) is 1. The fraction of sp³-hybridized carbons (Fsp3) is 0.400. The van der Waals surface area contributed by atoms with Crippen molar-refractivity contribution in [3.63, 3.8) is 0 Å². The van der Waals surface area contributed by atoms with Crippen LogP contribution < -0.4 is 10.6 Å². The molecule has 0 aliphatic rings. The fourth-order valence-corrected chi connectivity index (χ4v) is 1.03. The van der Waals surface area contributed by atoms with Crippen molar-refractivity contribution >= 4 is 0 Å². The Bertz CT molecular complexity index is 268. The van der Waals surface area contributed by atoms with Gasteiger partial charge in [-0.3, -0.25) is 0 Å². The van der Waals surface area contributed by atoms with E-state index in [9.17, 15) is 4.39 Å². The Kier molecular flexibility index (Phi) is 4.96. The molecule has 14 heavy (non-hydrogen) atoms. The molecular weight excluding hydrogens is 185 g/mol. The van der Waals surface area contributed by atoms with Crippen LogP contribution in [0.3, 0.4) is 0 Å². The van der Waals surface area contributed by atoms with E-state index in [1.807, 2.05) is 0 Å². The minimum absolute atomic E-state index is 0.284. The summed E-state index contributed by atoms with van der Waals surface area (Å²) < 4.78 is 18.0. The first kappa shape index (κ1) is 10.9. The highest BCUT2D eigenvalue weighted by atomic mass is 19.1. The van der Waals surface area contributed by atoms with E-state index >= 15 is 0 Å². The van der Waals surface area contributed by atoms with E-state index < -0.39 is 0 Å². The average molecular weight is 199 g/mol. The predicted octanol–water partition coefficient (Wildman–Crippen LogP) is 1.88. The van der Waals surface area contributed by atoms with Gasteiger partial charge in [0.05, 0.1) is 13.2 Å². The van der Waals surface area contributed by atoms with Gasteiger partial charge < -0.3 is 9.57 Å². The molecule has 3 nitrogen and oxygen atoms in total. The zero-order chi connectivity index (χ0) is 10.2. The quantitative estimate of drug-likeness (QED) is 0.562. The molecule has 0 saturated carbocycles. The van der Waals surface area contributed by atoms with Crippen LogP contribution in [0.5, 0.6) is 5.75 Å². The van der Waals surface area contributed by atoms with E-state index in [1.165, 1.54) is 12.1 Å². The minimum atomic E-state index is -0.284. The molecule has 0 unspecified atom stereocenters. The van der Waals surface area contributed by atoms with Gasteiger partial charge in [0.1, 0.15) is 11.6 Å². The number of unbranched alkanes of at least 4 members (excludes halogenated alkanes) is 1. The summed E-state index contributed by atoms with van der Waals surface area (Å²) in [4.78, 5) is 4.40. The van der Waals surface area contributed by atoms with Gasteiger partial charge in [-0.1, -0.05) is 6.07 Å². The maximum atomic E-state index is 12.7. The van der Waals surface area contributed by atoms with Crippen molar-refractivity contribution in [3.05, 3.63) is 30.1 Å². The van der Waals surface area contributed by atoms with Crippen LogP contribution in [0.25, 0.3) is 0 Å². The lowest BCUT2D eigenvalue weighted by atomic mass is 10.3. The number of rotatable bonds is 6. The number of benzene rings is 1. The molecule has 1 aromatic carbocycles. The smallest absolute Gasteiger partial charge is 0.126 e. The molecule has 78 valence electrons. The lowest BCUT2D eigenvalue weighted by molar-refractivity contribution is 0.129. The van der Waals surface area contributed by atoms with Crippen LogP contribution in [0.1, 0.15) is 12.8 Å². The van der Waals surface area contributed by atoms with Crippen LogP contribution in [-0.4, -0.2) is 13.2 Å².